The maximum absolute atomic E-state index is 12.8. The molecule has 0 unspecified atom stereocenters. The van der Waals surface area contributed by atoms with Gasteiger partial charge in [0.25, 0.3) is 5.91 Å². The number of rotatable bonds is 8. The predicted molar refractivity (Wildman–Crippen MR) is 53.1 cm³/mol. The predicted octanol–water partition coefficient (Wildman–Crippen LogP) is 0.711. The standard InChI is InChI=1S/C9H16F4N2O2/c1-17-6-5-15(4-2-3-14)8(16)9(12,13)7(10)11/h7H,2-6,14H2,1H3. The Morgan fingerprint density at radius 2 is 2.00 bits per heavy atom. The van der Waals surface area contributed by atoms with Crippen molar-refractivity contribution in [3.05, 3.63) is 0 Å². The van der Waals surface area contributed by atoms with E-state index in [2.05, 4.69) is 4.74 Å². The van der Waals surface area contributed by atoms with Gasteiger partial charge in [0.05, 0.1) is 6.61 Å². The molecule has 0 aromatic carbocycles. The van der Waals surface area contributed by atoms with E-state index in [0.29, 0.717) is 4.90 Å². The minimum absolute atomic E-state index is 0.00434. The molecule has 0 rings (SSSR count). The summed E-state index contributed by atoms with van der Waals surface area (Å²) in [5.74, 6) is -6.56. The van der Waals surface area contributed by atoms with E-state index in [9.17, 15) is 22.4 Å². The molecule has 8 heteroatoms. The molecule has 0 aliphatic carbocycles. The average molecular weight is 260 g/mol. The number of nitrogens with two attached hydrogens (primary N) is 1. The van der Waals surface area contributed by atoms with Gasteiger partial charge in [-0.15, -0.1) is 0 Å². The van der Waals surface area contributed by atoms with Crippen LogP contribution in [-0.4, -0.2) is 56.5 Å². The molecule has 1 amide bonds. The number of methoxy groups -OCH3 is 1. The summed E-state index contributed by atoms with van der Waals surface area (Å²) < 4.78 is 54.3. The Kier molecular flexibility index (Phi) is 7.05. The number of halogens is 4. The van der Waals surface area contributed by atoms with Crippen molar-refractivity contribution >= 4 is 5.91 Å². The Morgan fingerprint density at radius 3 is 2.41 bits per heavy atom. The zero-order valence-corrected chi connectivity index (χ0v) is 9.47. The van der Waals surface area contributed by atoms with Gasteiger partial charge in [-0.25, -0.2) is 8.78 Å². The molecule has 0 aromatic rings. The number of hydrogen-bond acceptors (Lipinski definition) is 3. The van der Waals surface area contributed by atoms with Crippen LogP contribution in [0.5, 0.6) is 0 Å². The lowest BCUT2D eigenvalue weighted by molar-refractivity contribution is -0.181. The van der Waals surface area contributed by atoms with Gasteiger partial charge < -0.3 is 15.4 Å². The Bertz CT molecular complexity index is 231. The third kappa shape index (κ3) is 4.86. The highest BCUT2D eigenvalue weighted by molar-refractivity contribution is 5.84. The molecule has 0 atom stereocenters. The molecular weight excluding hydrogens is 244 g/mol. The van der Waals surface area contributed by atoms with Gasteiger partial charge in [0, 0.05) is 20.2 Å². The van der Waals surface area contributed by atoms with E-state index in [4.69, 9.17) is 5.73 Å². The summed E-state index contributed by atoms with van der Waals surface area (Å²) in [6.07, 6.45) is -3.76. The van der Waals surface area contributed by atoms with Crippen LogP contribution in [0, 0.1) is 0 Å². The molecule has 17 heavy (non-hydrogen) atoms. The zero-order valence-electron chi connectivity index (χ0n) is 9.47. The van der Waals surface area contributed by atoms with E-state index in [1.165, 1.54) is 7.11 Å². The number of nitrogens with zero attached hydrogens (tertiary/aromatic N) is 1. The number of hydrogen-bond donors (Lipinski definition) is 1. The van der Waals surface area contributed by atoms with Crippen LogP contribution >= 0.6 is 0 Å². The maximum Gasteiger partial charge on any atom is 0.383 e. The average Bonchev–Trinajstić information content (AvgIpc) is 2.28. The molecule has 102 valence electrons. The number of alkyl halides is 4. The number of ether oxygens (including phenoxy) is 1. The lowest BCUT2D eigenvalue weighted by atomic mass is 10.2. The van der Waals surface area contributed by atoms with Crippen molar-refractivity contribution in [2.75, 3.05) is 33.4 Å². The van der Waals surface area contributed by atoms with Gasteiger partial charge in [0.1, 0.15) is 0 Å². The second-order valence-electron chi connectivity index (χ2n) is 3.35. The minimum Gasteiger partial charge on any atom is -0.383 e. The van der Waals surface area contributed by atoms with Crippen molar-refractivity contribution in [1.82, 2.24) is 4.90 Å². The van der Waals surface area contributed by atoms with Crippen molar-refractivity contribution < 1.29 is 27.1 Å². The van der Waals surface area contributed by atoms with Crippen LogP contribution in [0.2, 0.25) is 0 Å². The highest BCUT2D eigenvalue weighted by atomic mass is 19.3. The molecule has 4 nitrogen and oxygen atoms in total. The fourth-order valence-electron chi connectivity index (χ4n) is 1.10. The van der Waals surface area contributed by atoms with Gasteiger partial charge >= 0.3 is 12.3 Å². The van der Waals surface area contributed by atoms with Crippen LogP contribution in [0.3, 0.4) is 0 Å². The first-order chi connectivity index (χ1) is 7.87. The number of carbonyl (C=O) groups excluding carboxylic acids is 1. The first-order valence-corrected chi connectivity index (χ1v) is 5.02. The van der Waals surface area contributed by atoms with Gasteiger partial charge in [-0.2, -0.15) is 8.78 Å². The van der Waals surface area contributed by atoms with E-state index in [-0.39, 0.29) is 32.7 Å². The highest BCUT2D eigenvalue weighted by Crippen LogP contribution is 2.25. The molecule has 0 heterocycles. The molecule has 0 bridgehead atoms. The Balaban J connectivity index is 4.60. The molecule has 0 radical (unpaired) electrons. The topological polar surface area (TPSA) is 55.6 Å². The van der Waals surface area contributed by atoms with E-state index in [1.54, 1.807) is 0 Å². The third-order valence-corrected chi connectivity index (χ3v) is 2.04. The van der Waals surface area contributed by atoms with Crippen molar-refractivity contribution in [3.63, 3.8) is 0 Å². The van der Waals surface area contributed by atoms with E-state index < -0.39 is 18.3 Å². The van der Waals surface area contributed by atoms with Crippen LogP contribution in [-0.2, 0) is 9.53 Å². The molecule has 0 saturated heterocycles. The van der Waals surface area contributed by atoms with Crippen LogP contribution < -0.4 is 5.73 Å². The maximum atomic E-state index is 12.8. The van der Waals surface area contributed by atoms with Crippen molar-refractivity contribution in [1.29, 1.82) is 0 Å². The van der Waals surface area contributed by atoms with Gasteiger partial charge in [-0.05, 0) is 13.0 Å². The summed E-state index contributed by atoms with van der Waals surface area (Å²) in [7, 11) is 1.32. The summed E-state index contributed by atoms with van der Waals surface area (Å²) >= 11 is 0. The first kappa shape index (κ1) is 16.1. The quantitative estimate of drug-likeness (QED) is 0.654. The second kappa shape index (κ2) is 7.44. The molecule has 2 N–H and O–H groups in total. The van der Waals surface area contributed by atoms with Crippen LogP contribution in [0.25, 0.3) is 0 Å². The molecule has 0 saturated carbocycles. The van der Waals surface area contributed by atoms with Crippen LogP contribution in [0.15, 0.2) is 0 Å². The van der Waals surface area contributed by atoms with Crippen molar-refractivity contribution in [3.8, 4) is 0 Å². The Morgan fingerprint density at radius 1 is 1.41 bits per heavy atom. The smallest absolute Gasteiger partial charge is 0.383 e. The monoisotopic (exact) mass is 260 g/mol. The molecular formula is C9H16F4N2O2. The number of amides is 1. The summed E-state index contributed by atoms with van der Waals surface area (Å²) in [6.45, 7) is -0.0920. The minimum atomic E-state index is -4.66. The Labute approximate surface area is 96.7 Å². The van der Waals surface area contributed by atoms with Gasteiger partial charge in [0.2, 0.25) is 0 Å². The Hall–Kier alpha value is -0.890. The SMILES string of the molecule is COCCN(CCCN)C(=O)C(F)(F)C(F)F. The van der Waals surface area contributed by atoms with E-state index in [0.717, 1.165) is 0 Å². The summed E-state index contributed by atoms with van der Waals surface area (Å²) in [4.78, 5) is 11.9. The van der Waals surface area contributed by atoms with E-state index in [1.807, 2.05) is 0 Å². The summed E-state index contributed by atoms with van der Waals surface area (Å²) in [5, 5.41) is 0. The summed E-state index contributed by atoms with van der Waals surface area (Å²) in [6, 6.07) is 0. The van der Waals surface area contributed by atoms with Gasteiger partial charge in [0.15, 0.2) is 0 Å². The lowest BCUT2D eigenvalue weighted by Crippen LogP contribution is -2.49. The summed E-state index contributed by atoms with van der Waals surface area (Å²) in [5.41, 5.74) is 5.17. The van der Waals surface area contributed by atoms with Crippen molar-refractivity contribution in [2.24, 2.45) is 5.73 Å². The fraction of sp³-hybridized carbons (Fsp3) is 0.889. The zero-order chi connectivity index (χ0) is 13.5. The van der Waals surface area contributed by atoms with E-state index >= 15 is 0 Å². The van der Waals surface area contributed by atoms with Crippen LogP contribution in [0.1, 0.15) is 6.42 Å². The molecule has 0 aliphatic rings. The lowest BCUT2D eigenvalue weighted by Gasteiger charge is -2.26. The fourth-order valence-corrected chi connectivity index (χ4v) is 1.10. The third-order valence-electron chi connectivity index (χ3n) is 2.04. The molecule has 0 fully saturated rings. The molecule has 0 spiro atoms. The molecule has 0 aliphatic heterocycles. The highest BCUT2D eigenvalue weighted by Gasteiger charge is 2.50. The normalized spacial score (nSPS) is 11.9. The molecule has 0 aromatic heterocycles. The van der Waals surface area contributed by atoms with Gasteiger partial charge in [-0.3, -0.25) is 4.79 Å². The van der Waals surface area contributed by atoms with Gasteiger partial charge in [-0.1, -0.05) is 0 Å². The second-order valence-corrected chi connectivity index (χ2v) is 3.35. The number of carbonyl (C=O) groups is 1. The first-order valence-electron chi connectivity index (χ1n) is 5.02. The van der Waals surface area contributed by atoms with Crippen molar-refractivity contribution in [2.45, 2.75) is 18.8 Å². The van der Waals surface area contributed by atoms with Crippen LogP contribution in [0.4, 0.5) is 17.6 Å². The largest absolute Gasteiger partial charge is 0.383 e.